The highest BCUT2D eigenvalue weighted by Gasteiger charge is 2.33. The Hall–Kier alpha value is -4.44. The number of benzene rings is 3. The van der Waals surface area contributed by atoms with Crippen LogP contribution in [-0.4, -0.2) is 36.4 Å². The summed E-state index contributed by atoms with van der Waals surface area (Å²) in [6, 6.07) is 17.5. The summed E-state index contributed by atoms with van der Waals surface area (Å²) in [5, 5.41) is 2.93. The van der Waals surface area contributed by atoms with Gasteiger partial charge in [-0.15, -0.1) is 0 Å². The Balaban J connectivity index is 1.51. The number of hydrogen-bond donors (Lipinski definition) is 2. The van der Waals surface area contributed by atoms with E-state index in [1.54, 1.807) is 12.1 Å². The molecule has 2 aliphatic heterocycles. The first-order valence-electron chi connectivity index (χ1n) is 13.7. The molecule has 2 aliphatic rings. The Labute approximate surface area is 245 Å². The number of amides is 1. The topological polar surface area (TPSA) is 120 Å². The number of anilines is 1. The molecule has 2 N–H and O–H groups in total. The highest BCUT2D eigenvalue weighted by Crippen LogP contribution is 2.40. The van der Waals surface area contributed by atoms with Crippen molar-refractivity contribution in [1.29, 1.82) is 0 Å². The van der Waals surface area contributed by atoms with Crippen molar-refractivity contribution in [3.8, 4) is 22.9 Å². The molecule has 0 saturated heterocycles. The number of sulfonamides is 1. The number of aromatic nitrogens is 2. The lowest BCUT2D eigenvalue weighted by Gasteiger charge is -2.22. The maximum Gasteiger partial charge on any atom is 0.264 e. The van der Waals surface area contributed by atoms with E-state index in [9.17, 15) is 13.2 Å². The zero-order chi connectivity index (χ0) is 29.8. The third-order valence-corrected chi connectivity index (χ3v) is 8.85. The second-order valence-electron chi connectivity index (χ2n) is 11.5. The minimum Gasteiger partial charge on any atom is -0.487 e. The van der Waals surface area contributed by atoms with Gasteiger partial charge >= 0.3 is 0 Å². The number of aryl methyl sites for hydroxylation is 3. The molecule has 10 heteroatoms. The van der Waals surface area contributed by atoms with E-state index in [4.69, 9.17) is 9.47 Å². The Bertz CT molecular complexity index is 1830. The molecule has 6 rings (SSSR count). The van der Waals surface area contributed by atoms with Crippen molar-refractivity contribution < 1.29 is 22.7 Å². The molecule has 0 radical (unpaired) electrons. The monoisotopic (exact) mass is 584 g/mol. The minimum atomic E-state index is -4.12. The highest BCUT2D eigenvalue weighted by molar-refractivity contribution is 7.92. The van der Waals surface area contributed by atoms with Crippen molar-refractivity contribution in [2.45, 2.75) is 57.6 Å². The molecule has 4 aromatic rings. The van der Waals surface area contributed by atoms with Crippen LogP contribution in [0.1, 0.15) is 58.1 Å². The fraction of sp³-hybridized carbons (Fsp3) is 0.281. The lowest BCUT2D eigenvalue weighted by molar-refractivity contribution is 0.0925. The Morgan fingerprint density at radius 1 is 0.929 bits per heavy atom. The first-order chi connectivity index (χ1) is 19.9. The molecular formula is C32H32N4O5S. The van der Waals surface area contributed by atoms with Crippen molar-refractivity contribution in [2.75, 3.05) is 11.3 Å². The predicted molar refractivity (Wildman–Crippen MR) is 159 cm³/mol. The van der Waals surface area contributed by atoms with Gasteiger partial charge in [0.25, 0.3) is 15.9 Å². The molecule has 1 aromatic heterocycles. The fourth-order valence-corrected chi connectivity index (χ4v) is 6.62. The summed E-state index contributed by atoms with van der Waals surface area (Å²) in [7, 11) is -4.12. The molecule has 1 atom stereocenters. The molecule has 0 spiro atoms. The summed E-state index contributed by atoms with van der Waals surface area (Å²) >= 11 is 0. The van der Waals surface area contributed by atoms with Gasteiger partial charge in [0, 0.05) is 23.6 Å². The van der Waals surface area contributed by atoms with Crippen LogP contribution >= 0.6 is 0 Å². The van der Waals surface area contributed by atoms with Crippen molar-refractivity contribution in [2.24, 2.45) is 0 Å². The summed E-state index contributed by atoms with van der Waals surface area (Å²) in [6.07, 6.45) is 0.0923. The SMILES string of the molecule is Cc1cc(C2CNC(=O)c3cccc(c3)S(=O)(=O)Nc3nc(cc(-c4c(C)cccc4C)n3)O2)cc2c1OC(C)(C)C2. The van der Waals surface area contributed by atoms with Crippen LogP contribution in [0.3, 0.4) is 0 Å². The molecular weight excluding hydrogens is 552 g/mol. The molecule has 1 unspecified atom stereocenters. The molecule has 1 amide bonds. The van der Waals surface area contributed by atoms with Crippen molar-refractivity contribution in [3.05, 3.63) is 94.0 Å². The number of carbonyl (C=O) groups excluding carboxylic acids is 1. The Kier molecular flexibility index (Phi) is 6.68. The molecule has 216 valence electrons. The standard InChI is InChI=1S/C32H32N4O5S/c1-18-8-6-9-19(2)28(18)25-15-27-35-31(34-25)36-42(38,39)24-11-7-10-21(14-24)30(37)33-17-26(40-27)22-12-20(3)29-23(13-22)16-32(4,5)41-29/h6-15,26H,16-17H2,1-5H3,(H,33,37)(H,34,35,36). The van der Waals surface area contributed by atoms with Crippen LogP contribution in [0.15, 0.2) is 65.6 Å². The molecule has 3 heterocycles. The highest BCUT2D eigenvalue weighted by atomic mass is 32.2. The molecule has 9 nitrogen and oxygen atoms in total. The van der Waals surface area contributed by atoms with Gasteiger partial charge in [-0.1, -0.05) is 24.3 Å². The van der Waals surface area contributed by atoms with Gasteiger partial charge in [-0.3, -0.25) is 4.79 Å². The van der Waals surface area contributed by atoms with Gasteiger partial charge in [-0.25, -0.2) is 18.1 Å². The van der Waals surface area contributed by atoms with Crippen molar-refractivity contribution in [3.63, 3.8) is 0 Å². The first-order valence-corrected chi connectivity index (χ1v) is 15.2. The van der Waals surface area contributed by atoms with Gasteiger partial charge in [0.15, 0.2) is 0 Å². The Morgan fingerprint density at radius 3 is 2.43 bits per heavy atom. The molecule has 0 fully saturated rings. The number of nitrogens with zero attached hydrogens (tertiary/aromatic N) is 2. The summed E-state index contributed by atoms with van der Waals surface area (Å²) in [6.45, 7) is 10.1. The van der Waals surface area contributed by atoms with E-state index in [0.29, 0.717) is 5.69 Å². The smallest absolute Gasteiger partial charge is 0.264 e. The summed E-state index contributed by atoms with van der Waals surface area (Å²) < 4.78 is 41.9. The third-order valence-electron chi connectivity index (χ3n) is 7.52. The zero-order valence-electron chi connectivity index (χ0n) is 24.1. The third kappa shape index (κ3) is 5.30. The van der Waals surface area contributed by atoms with Crippen LogP contribution in [0.25, 0.3) is 11.3 Å². The maximum atomic E-state index is 13.4. The number of hydrogen-bond acceptors (Lipinski definition) is 7. The predicted octanol–water partition coefficient (Wildman–Crippen LogP) is 5.45. The average molecular weight is 585 g/mol. The second-order valence-corrected chi connectivity index (χ2v) is 13.2. The number of nitrogens with one attached hydrogen (secondary N) is 2. The quantitative estimate of drug-likeness (QED) is 0.322. The van der Waals surface area contributed by atoms with Crippen LogP contribution in [0.5, 0.6) is 11.6 Å². The van der Waals surface area contributed by atoms with Crippen LogP contribution in [-0.2, 0) is 16.4 Å². The van der Waals surface area contributed by atoms with Gasteiger partial charge in [0.2, 0.25) is 11.8 Å². The molecule has 0 saturated carbocycles. The number of fused-ring (bicyclic) bond motifs is 5. The van der Waals surface area contributed by atoms with Crippen LogP contribution < -0.4 is 19.5 Å². The Morgan fingerprint density at radius 2 is 1.67 bits per heavy atom. The average Bonchev–Trinajstić information content (AvgIpc) is 3.24. The summed E-state index contributed by atoms with van der Waals surface area (Å²) in [4.78, 5) is 22.2. The van der Waals surface area contributed by atoms with Crippen LogP contribution in [0.2, 0.25) is 0 Å². The van der Waals surface area contributed by atoms with Crippen molar-refractivity contribution >= 4 is 21.9 Å². The van der Waals surface area contributed by atoms with E-state index < -0.39 is 22.0 Å². The van der Waals surface area contributed by atoms with Gasteiger partial charge in [0.05, 0.1) is 17.1 Å². The largest absolute Gasteiger partial charge is 0.487 e. The van der Waals surface area contributed by atoms with E-state index in [2.05, 4.69) is 33.9 Å². The molecule has 4 bridgehead atoms. The normalized spacial score (nSPS) is 18.6. The van der Waals surface area contributed by atoms with E-state index in [1.807, 2.05) is 51.1 Å². The van der Waals surface area contributed by atoms with E-state index in [-0.39, 0.29) is 34.4 Å². The number of rotatable bonds is 2. The van der Waals surface area contributed by atoms with Crippen LogP contribution in [0, 0.1) is 20.8 Å². The van der Waals surface area contributed by atoms with E-state index in [1.165, 1.54) is 18.2 Å². The maximum absolute atomic E-state index is 13.4. The second kappa shape index (κ2) is 10.1. The molecule has 0 aliphatic carbocycles. The van der Waals surface area contributed by atoms with E-state index in [0.717, 1.165) is 45.6 Å². The van der Waals surface area contributed by atoms with Gasteiger partial charge in [-0.2, -0.15) is 4.98 Å². The summed E-state index contributed by atoms with van der Waals surface area (Å²) in [5.41, 5.74) is 6.06. The number of ether oxygens (including phenoxy) is 2. The van der Waals surface area contributed by atoms with Gasteiger partial charge < -0.3 is 14.8 Å². The minimum absolute atomic E-state index is 0.0775. The lowest BCUT2D eigenvalue weighted by atomic mass is 9.96. The zero-order valence-corrected chi connectivity index (χ0v) is 24.9. The van der Waals surface area contributed by atoms with E-state index >= 15 is 0 Å². The van der Waals surface area contributed by atoms with Gasteiger partial charge in [-0.05, 0) is 92.8 Å². The molecule has 3 aromatic carbocycles. The molecule has 42 heavy (non-hydrogen) atoms. The van der Waals surface area contributed by atoms with Crippen molar-refractivity contribution in [1.82, 2.24) is 15.3 Å². The fourth-order valence-electron chi connectivity index (χ4n) is 5.63. The number of carbonyl (C=O) groups is 1. The van der Waals surface area contributed by atoms with Gasteiger partial charge in [0.1, 0.15) is 17.5 Å². The van der Waals surface area contributed by atoms with Crippen LogP contribution in [0.4, 0.5) is 5.95 Å². The summed E-state index contributed by atoms with van der Waals surface area (Å²) in [5.74, 6) is 0.481. The lowest BCUT2D eigenvalue weighted by Crippen LogP contribution is -2.31. The first kappa shape index (κ1) is 27.7.